The first kappa shape index (κ1) is 28.5. The van der Waals surface area contributed by atoms with Crippen LogP contribution in [-0.2, 0) is 9.53 Å². The van der Waals surface area contributed by atoms with Gasteiger partial charge < -0.3 is 15.0 Å². The monoisotopic (exact) mass is 517 g/mol. The van der Waals surface area contributed by atoms with Crippen molar-refractivity contribution in [3.8, 4) is 0 Å². The van der Waals surface area contributed by atoms with Crippen molar-refractivity contribution in [3.05, 3.63) is 28.0 Å². The number of halogens is 5. The predicted molar refractivity (Wildman–Crippen MR) is 130 cm³/mol. The lowest BCUT2D eigenvalue weighted by Gasteiger charge is -2.37. The van der Waals surface area contributed by atoms with Gasteiger partial charge in [-0.3, -0.25) is 9.69 Å². The Morgan fingerprint density at radius 1 is 1.13 bits per heavy atom. The molecule has 1 aromatic rings. The number of hydrogen-bond donors (Lipinski definition) is 1. The zero-order valence-electron chi connectivity index (χ0n) is 17.7. The Balaban J connectivity index is 0.00000240. The first-order chi connectivity index (χ1) is 14.0. The summed E-state index contributed by atoms with van der Waals surface area (Å²) in [5.74, 6) is 0.269. The van der Waals surface area contributed by atoms with Crippen molar-refractivity contribution in [1.29, 1.82) is 0 Å². The maximum atomic E-state index is 14.4. The summed E-state index contributed by atoms with van der Waals surface area (Å²) in [4.78, 5) is 16.1. The molecule has 1 heterocycles. The highest BCUT2D eigenvalue weighted by atomic mass is 35.5. The van der Waals surface area contributed by atoms with Gasteiger partial charge in [0, 0.05) is 39.3 Å². The molecule has 2 fully saturated rings. The fraction of sp³-hybridized carbons (Fsp3) is 0.667. The molecule has 1 aliphatic heterocycles. The van der Waals surface area contributed by atoms with Gasteiger partial charge in [0.25, 0.3) is 0 Å². The summed E-state index contributed by atoms with van der Waals surface area (Å²) < 4.78 is 19.3. The second-order valence-electron chi connectivity index (χ2n) is 8.03. The number of hydrogen-bond acceptors (Lipinski definition) is 4. The summed E-state index contributed by atoms with van der Waals surface area (Å²) in [6.07, 6.45) is 5.59. The van der Waals surface area contributed by atoms with Crippen LogP contribution in [0.25, 0.3) is 0 Å². The number of ether oxygens (including phenoxy) is 1. The van der Waals surface area contributed by atoms with Crippen LogP contribution >= 0.6 is 48.0 Å². The summed E-state index contributed by atoms with van der Waals surface area (Å²) in [7, 11) is 1.54. The SMILES string of the molecule is COCC(=O)NC1CCC(CCN2CCN(c3ccc(Cl)c(Cl)c3F)CC2)CC1.Cl.Cl. The highest BCUT2D eigenvalue weighted by Gasteiger charge is 2.25. The summed E-state index contributed by atoms with van der Waals surface area (Å²) in [5, 5.41) is 3.30. The molecule has 1 N–H and O–H groups in total. The number of piperazine rings is 1. The van der Waals surface area contributed by atoms with Gasteiger partial charge >= 0.3 is 0 Å². The molecule has 2 aliphatic rings. The molecule has 0 unspecified atom stereocenters. The number of anilines is 1. The summed E-state index contributed by atoms with van der Waals surface area (Å²) in [6, 6.07) is 3.66. The van der Waals surface area contributed by atoms with Gasteiger partial charge in [-0.25, -0.2) is 4.39 Å². The molecule has 31 heavy (non-hydrogen) atoms. The van der Waals surface area contributed by atoms with Gasteiger partial charge in [-0.2, -0.15) is 0 Å². The number of carbonyl (C=O) groups is 1. The van der Waals surface area contributed by atoms with E-state index in [9.17, 15) is 9.18 Å². The van der Waals surface area contributed by atoms with E-state index >= 15 is 0 Å². The van der Waals surface area contributed by atoms with Crippen LogP contribution in [0.1, 0.15) is 32.1 Å². The minimum Gasteiger partial charge on any atom is -0.375 e. The molecule has 1 amide bonds. The quantitative estimate of drug-likeness (QED) is 0.526. The Bertz CT molecular complexity index is 697. The number of carbonyl (C=O) groups excluding carboxylic acids is 1. The van der Waals surface area contributed by atoms with Crippen molar-refractivity contribution < 1.29 is 13.9 Å². The van der Waals surface area contributed by atoms with Gasteiger partial charge in [-0.15, -0.1) is 24.8 Å². The van der Waals surface area contributed by atoms with Crippen molar-refractivity contribution in [1.82, 2.24) is 10.2 Å². The third-order valence-corrected chi connectivity index (χ3v) is 6.85. The Hall–Kier alpha value is -0.500. The largest absolute Gasteiger partial charge is 0.375 e. The van der Waals surface area contributed by atoms with Crippen molar-refractivity contribution in [2.75, 3.05) is 51.3 Å². The van der Waals surface area contributed by atoms with E-state index in [1.165, 1.54) is 13.5 Å². The molecule has 1 aliphatic carbocycles. The third kappa shape index (κ3) is 8.09. The van der Waals surface area contributed by atoms with Gasteiger partial charge in [0.2, 0.25) is 5.91 Å². The topological polar surface area (TPSA) is 44.8 Å². The lowest BCUT2D eigenvalue weighted by atomic mass is 9.84. The highest BCUT2D eigenvalue weighted by molar-refractivity contribution is 6.42. The molecule has 0 bridgehead atoms. The second kappa shape index (κ2) is 13.9. The van der Waals surface area contributed by atoms with Gasteiger partial charge in [0.1, 0.15) is 6.61 Å². The normalized spacial score (nSPS) is 21.7. The molecule has 1 saturated carbocycles. The van der Waals surface area contributed by atoms with Crippen molar-refractivity contribution in [2.24, 2.45) is 5.92 Å². The van der Waals surface area contributed by atoms with E-state index in [1.54, 1.807) is 12.1 Å². The van der Waals surface area contributed by atoms with Crippen LogP contribution in [0.2, 0.25) is 10.0 Å². The molecule has 10 heteroatoms. The summed E-state index contributed by atoms with van der Waals surface area (Å²) in [5.41, 5.74) is 0.535. The number of rotatable bonds is 7. The average Bonchev–Trinajstić information content (AvgIpc) is 2.72. The molecule has 1 saturated heterocycles. The zero-order valence-corrected chi connectivity index (χ0v) is 20.9. The second-order valence-corrected chi connectivity index (χ2v) is 8.82. The molecule has 0 radical (unpaired) electrons. The molecule has 0 atom stereocenters. The van der Waals surface area contributed by atoms with Gasteiger partial charge in [0.05, 0.1) is 15.7 Å². The molecule has 3 rings (SSSR count). The minimum absolute atomic E-state index is 0. The van der Waals surface area contributed by atoms with Crippen LogP contribution in [-0.4, -0.2) is 63.3 Å². The van der Waals surface area contributed by atoms with E-state index in [-0.39, 0.29) is 47.4 Å². The van der Waals surface area contributed by atoms with Gasteiger partial charge in [0.15, 0.2) is 5.82 Å². The number of methoxy groups -OCH3 is 1. The van der Waals surface area contributed by atoms with Crippen LogP contribution in [0.3, 0.4) is 0 Å². The lowest BCUT2D eigenvalue weighted by molar-refractivity contribution is -0.125. The van der Waals surface area contributed by atoms with Crippen LogP contribution in [0.4, 0.5) is 10.1 Å². The van der Waals surface area contributed by atoms with Crippen molar-refractivity contribution >= 4 is 59.6 Å². The molecular weight excluding hydrogens is 487 g/mol. The summed E-state index contributed by atoms with van der Waals surface area (Å²) >= 11 is 11.8. The van der Waals surface area contributed by atoms with Gasteiger partial charge in [-0.05, 0) is 56.7 Å². The standard InChI is InChI=1S/C21H30Cl2FN3O2.2ClH/c1-29-14-19(28)25-16-4-2-15(3-5-16)8-9-26-10-12-27(13-11-26)18-7-6-17(22)20(23)21(18)24;;/h6-7,15-16H,2-5,8-14H2,1H3,(H,25,28);2*1H. The van der Waals surface area contributed by atoms with Gasteiger partial charge in [-0.1, -0.05) is 23.2 Å². The van der Waals surface area contributed by atoms with Crippen LogP contribution in [0.5, 0.6) is 0 Å². The maximum Gasteiger partial charge on any atom is 0.246 e. The maximum absolute atomic E-state index is 14.4. The molecule has 0 aromatic heterocycles. The Morgan fingerprint density at radius 3 is 2.39 bits per heavy atom. The first-order valence-corrected chi connectivity index (χ1v) is 11.1. The number of benzene rings is 1. The highest BCUT2D eigenvalue weighted by Crippen LogP contribution is 2.32. The lowest BCUT2D eigenvalue weighted by Crippen LogP contribution is -2.47. The van der Waals surface area contributed by atoms with E-state index in [1.807, 2.05) is 4.90 Å². The number of nitrogens with one attached hydrogen (secondary N) is 1. The zero-order chi connectivity index (χ0) is 20.8. The molecular formula is C21H32Cl4FN3O2. The van der Waals surface area contributed by atoms with E-state index in [4.69, 9.17) is 27.9 Å². The van der Waals surface area contributed by atoms with Crippen LogP contribution in [0.15, 0.2) is 12.1 Å². The minimum atomic E-state index is -0.429. The Labute approximate surface area is 206 Å². The Morgan fingerprint density at radius 2 is 1.77 bits per heavy atom. The first-order valence-electron chi connectivity index (χ1n) is 10.4. The third-order valence-electron chi connectivity index (χ3n) is 6.07. The molecule has 178 valence electrons. The average molecular weight is 519 g/mol. The fourth-order valence-electron chi connectivity index (χ4n) is 4.33. The number of nitrogens with zero attached hydrogens (tertiary/aromatic N) is 2. The van der Waals surface area contributed by atoms with E-state index in [2.05, 4.69) is 10.2 Å². The summed E-state index contributed by atoms with van der Waals surface area (Å²) in [6.45, 7) is 4.62. The molecule has 1 aromatic carbocycles. The number of amides is 1. The fourth-order valence-corrected chi connectivity index (χ4v) is 4.64. The van der Waals surface area contributed by atoms with Crippen LogP contribution < -0.4 is 10.2 Å². The van der Waals surface area contributed by atoms with E-state index < -0.39 is 5.82 Å². The predicted octanol–water partition coefficient (Wildman–Crippen LogP) is 4.81. The molecule has 5 nitrogen and oxygen atoms in total. The van der Waals surface area contributed by atoms with Crippen molar-refractivity contribution in [3.63, 3.8) is 0 Å². The molecule has 0 spiro atoms. The van der Waals surface area contributed by atoms with Crippen molar-refractivity contribution in [2.45, 2.75) is 38.1 Å². The van der Waals surface area contributed by atoms with Crippen LogP contribution in [0, 0.1) is 11.7 Å². The van der Waals surface area contributed by atoms with E-state index in [0.29, 0.717) is 11.7 Å². The Kier molecular flexibility index (Phi) is 12.8. The smallest absolute Gasteiger partial charge is 0.246 e. The van der Waals surface area contributed by atoms with E-state index in [0.717, 1.165) is 64.3 Å².